The van der Waals surface area contributed by atoms with Crippen molar-refractivity contribution in [1.29, 1.82) is 0 Å². The van der Waals surface area contributed by atoms with Gasteiger partial charge in [-0.1, -0.05) is 12.1 Å². The molecule has 0 fully saturated rings. The van der Waals surface area contributed by atoms with Gasteiger partial charge in [-0.05, 0) is 38.1 Å². The lowest BCUT2D eigenvalue weighted by Crippen LogP contribution is -2.25. The highest BCUT2D eigenvalue weighted by atomic mass is 16.5. The van der Waals surface area contributed by atoms with Gasteiger partial charge in [-0.15, -0.1) is 0 Å². The molecule has 4 rings (SSSR count). The van der Waals surface area contributed by atoms with Gasteiger partial charge in [0.2, 0.25) is 0 Å². The van der Waals surface area contributed by atoms with E-state index < -0.39 is 5.63 Å². The van der Waals surface area contributed by atoms with E-state index in [2.05, 4.69) is 10.3 Å². The van der Waals surface area contributed by atoms with Crippen molar-refractivity contribution < 1.29 is 13.9 Å². The number of nitrogens with zero attached hydrogens (tertiary/aromatic N) is 2. The van der Waals surface area contributed by atoms with Crippen LogP contribution in [0, 0.1) is 0 Å². The number of rotatable bonds is 5. The van der Waals surface area contributed by atoms with E-state index in [1.165, 1.54) is 6.07 Å². The summed E-state index contributed by atoms with van der Waals surface area (Å²) >= 11 is 0. The third-order valence-electron chi connectivity index (χ3n) is 4.62. The van der Waals surface area contributed by atoms with Gasteiger partial charge in [0.25, 0.3) is 5.91 Å². The molecule has 0 aliphatic carbocycles. The number of amides is 1. The number of fused-ring (bicyclic) bond motifs is 2. The number of ether oxygens (including phenoxy) is 1. The van der Waals surface area contributed by atoms with Crippen LogP contribution in [0.25, 0.3) is 22.0 Å². The monoisotopic (exact) mass is 391 g/mol. The largest absolute Gasteiger partial charge is 0.491 e. The molecule has 2 aromatic carbocycles. The smallest absolute Gasteiger partial charge is 0.337 e. The van der Waals surface area contributed by atoms with Gasteiger partial charge >= 0.3 is 5.63 Å². The number of hydrogen-bond acceptors (Lipinski definition) is 5. The van der Waals surface area contributed by atoms with Crippen LogP contribution in [-0.4, -0.2) is 21.6 Å². The molecule has 0 spiro atoms. The average molecular weight is 391 g/mol. The second-order valence-corrected chi connectivity index (χ2v) is 7.06. The molecule has 7 heteroatoms. The van der Waals surface area contributed by atoms with Crippen molar-refractivity contribution in [1.82, 2.24) is 14.9 Å². The molecule has 0 aliphatic rings. The second-order valence-electron chi connectivity index (χ2n) is 7.06. The van der Waals surface area contributed by atoms with Gasteiger partial charge in [-0.25, -0.2) is 9.78 Å². The summed E-state index contributed by atoms with van der Waals surface area (Å²) in [5.41, 5.74) is 1.82. The summed E-state index contributed by atoms with van der Waals surface area (Å²) < 4.78 is 12.8. The quantitative estimate of drug-likeness (QED) is 0.527. The zero-order valence-electron chi connectivity index (χ0n) is 16.4. The average Bonchev–Trinajstić information content (AvgIpc) is 3.00. The van der Waals surface area contributed by atoms with E-state index >= 15 is 0 Å². The maximum absolute atomic E-state index is 12.8. The Balaban J connectivity index is 1.62. The first kappa shape index (κ1) is 18.7. The maximum atomic E-state index is 12.8. The molecule has 1 amide bonds. The molecular formula is C22H21N3O4. The number of hydrogen-bond donors (Lipinski definition) is 1. The number of aromatic nitrogens is 2. The number of nitrogens with one attached hydrogen (secondary N) is 1. The van der Waals surface area contributed by atoms with Crippen LogP contribution in [0.2, 0.25) is 0 Å². The van der Waals surface area contributed by atoms with Crippen LogP contribution in [0.15, 0.2) is 57.7 Å². The number of aryl methyl sites for hydroxylation is 1. The number of imidazole rings is 1. The number of para-hydroxylation sites is 2. The molecule has 2 aromatic heterocycles. The fourth-order valence-corrected chi connectivity index (χ4v) is 3.28. The Bertz CT molecular complexity index is 1270. The van der Waals surface area contributed by atoms with E-state index in [1.807, 2.05) is 49.7 Å². The van der Waals surface area contributed by atoms with Crippen LogP contribution in [0.4, 0.5) is 0 Å². The molecule has 148 valence electrons. The van der Waals surface area contributed by atoms with Crippen LogP contribution in [0.3, 0.4) is 0 Å². The third kappa shape index (κ3) is 3.71. The highest BCUT2D eigenvalue weighted by Crippen LogP contribution is 2.23. The third-order valence-corrected chi connectivity index (χ3v) is 4.62. The van der Waals surface area contributed by atoms with Crippen LogP contribution in [-0.2, 0) is 13.6 Å². The lowest BCUT2D eigenvalue weighted by atomic mass is 10.1. The maximum Gasteiger partial charge on any atom is 0.337 e. The predicted octanol–water partition coefficient (Wildman–Crippen LogP) is 3.40. The molecule has 0 aliphatic heterocycles. The number of carbonyl (C=O) groups is 1. The lowest BCUT2D eigenvalue weighted by Gasteiger charge is -2.11. The Morgan fingerprint density at radius 2 is 2.00 bits per heavy atom. The minimum Gasteiger partial charge on any atom is -0.491 e. The standard InChI is InChI=1S/C22H21N3O4/c1-13(2)28-14-8-9-15-16(11-21(26)29-19(15)10-14)22(27)23-12-20-24-17-6-4-5-7-18(17)25(20)3/h4-11,13H,12H2,1-3H3,(H,23,27). The zero-order chi connectivity index (χ0) is 20.5. The molecule has 0 atom stereocenters. The molecule has 0 saturated carbocycles. The summed E-state index contributed by atoms with van der Waals surface area (Å²) in [4.78, 5) is 29.3. The molecule has 0 unspecified atom stereocenters. The van der Waals surface area contributed by atoms with Gasteiger partial charge in [0, 0.05) is 24.6 Å². The van der Waals surface area contributed by atoms with Gasteiger partial charge in [-0.2, -0.15) is 0 Å². The first-order chi connectivity index (χ1) is 13.9. The van der Waals surface area contributed by atoms with Crippen LogP contribution >= 0.6 is 0 Å². The first-order valence-corrected chi connectivity index (χ1v) is 9.35. The van der Waals surface area contributed by atoms with Crippen molar-refractivity contribution in [3.05, 3.63) is 70.3 Å². The van der Waals surface area contributed by atoms with Gasteiger partial charge in [0.15, 0.2) is 0 Å². The van der Waals surface area contributed by atoms with Crippen molar-refractivity contribution in [2.24, 2.45) is 7.05 Å². The van der Waals surface area contributed by atoms with Gasteiger partial charge in [-0.3, -0.25) is 4.79 Å². The fraction of sp³-hybridized carbons (Fsp3) is 0.227. The van der Waals surface area contributed by atoms with Gasteiger partial charge in [0.1, 0.15) is 17.2 Å². The van der Waals surface area contributed by atoms with Crippen LogP contribution in [0.1, 0.15) is 30.0 Å². The Labute approximate surface area is 166 Å². The first-order valence-electron chi connectivity index (χ1n) is 9.35. The molecule has 2 heterocycles. The molecule has 0 radical (unpaired) electrons. The van der Waals surface area contributed by atoms with Crippen LogP contribution < -0.4 is 15.7 Å². The van der Waals surface area contributed by atoms with E-state index in [9.17, 15) is 9.59 Å². The van der Waals surface area contributed by atoms with Crippen molar-refractivity contribution >= 4 is 27.9 Å². The Hall–Kier alpha value is -3.61. The minimum absolute atomic E-state index is 0.0149. The van der Waals surface area contributed by atoms with Crippen molar-refractivity contribution in [2.45, 2.75) is 26.5 Å². The summed E-state index contributed by atoms with van der Waals surface area (Å²) in [5, 5.41) is 3.39. The van der Waals surface area contributed by atoms with Crippen LogP contribution in [0.5, 0.6) is 5.75 Å². The summed E-state index contributed by atoms with van der Waals surface area (Å²) in [6.45, 7) is 4.05. The highest BCUT2D eigenvalue weighted by Gasteiger charge is 2.15. The van der Waals surface area contributed by atoms with Crippen molar-refractivity contribution in [3.63, 3.8) is 0 Å². The molecule has 0 saturated heterocycles. The van der Waals surface area contributed by atoms with Crippen molar-refractivity contribution in [3.8, 4) is 5.75 Å². The highest BCUT2D eigenvalue weighted by molar-refractivity contribution is 6.05. The molecule has 1 N–H and O–H groups in total. The summed E-state index contributed by atoms with van der Waals surface area (Å²) in [7, 11) is 1.90. The SMILES string of the molecule is CC(C)Oc1ccc2c(C(=O)NCc3nc4ccccc4n3C)cc(=O)oc2c1. The zero-order valence-corrected chi connectivity index (χ0v) is 16.4. The Kier molecular flexibility index (Phi) is 4.80. The van der Waals surface area contributed by atoms with E-state index in [1.54, 1.807) is 18.2 Å². The molecule has 29 heavy (non-hydrogen) atoms. The number of benzene rings is 2. The molecular weight excluding hydrogens is 370 g/mol. The molecule has 0 bridgehead atoms. The summed E-state index contributed by atoms with van der Waals surface area (Å²) in [5.74, 6) is 0.930. The minimum atomic E-state index is -0.591. The fourth-order valence-electron chi connectivity index (χ4n) is 3.28. The summed E-state index contributed by atoms with van der Waals surface area (Å²) in [6.07, 6.45) is -0.0149. The topological polar surface area (TPSA) is 86.4 Å². The lowest BCUT2D eigenvalue weighted by molar-refractivity contribution is 0.0950. The van der Waals surface area contributed by atoms with Gasteiger partial charge < -0.3 is 19.0 Å². The predicted molar refractivity (Wildman–Crippen MR) is 110 cm³/mol. The second kappa shape index (κ2) is 7.43. The number of carbonyl (C=O) groups excluding carboxylic acids is 1. The van der Waals surface area contributed by atoms with E-state index in [-0.39, 0.29) is 24.1 Å². The van der Waals surface area contributed by atoms with E-state index in [0.29, 0.717) is 16.7 Å². The van der Waals surface area contributed by atoms with E-state index in [0.717, 1.165) is 16.9 Å². The van der Waals surface area contributed by atoms with E-state index in [4.69, 9.17) is 9.15 Å². The Morgan fingerprint density at radius 3 is 2.76 bits per heavy atom. The molecule has 7 nitrogen and oxygen atoms in total. The van der Waals surface area contributed by atoms with Gasteiger partial charge in [0.05, 0.1) is 29.2 Å². The molecule has 4 aromatic rings. The normalized spacial score (nSPS) is 11.3. The summed E-state index contributed by atoms with van der Waals surface area (Å²) in [6, 6.07) is 14.1. The van der Waals surface area contributed by atoms with Crippen molar-refractivity contribution in [2.75, 3.05) is 0 Å². The Morgan fingerprint density at radius 1 is 1.21 bits per heavy atom.